The molecule has 2 aromatic rings. The minimum absolute atomic E-state index is 0.156. The summed E-state index contributed by atoms with van der Waals surface area (Å²) in [6.45, 7) is 1.50. The first kappa shape index (κ1) is 19.9. The molecule has 0 aromatic heterocycles. The van der Waals surface area contributed by atoms with Crippen molar-refractivity contribution in [1.82, 2.24) is 4.90 Å². The summed E-state index contributed by atoms with van der Waals surface area (Å²) >= 11 is 0. The highest BCUT2D eigenvalue weighted by Gasteiger charge is 2.24. The average molecular weight is 400 g/mol. The molecule has 1 unspecified atom stereocenters. The molecule has 0 saturated carbocycles. The largest absolute Gasteiger partial charge is 0.486 e. The number of sulfone groups is 1. The first-order valence-corrected chi connectivity index (χ1v) is 10.6. The monoisotopic (exact) mass is 400 g/mol. The van der Waals surface area contributed by atoms with Gasteiger partial charge >= 0.3 is 0 Å². The first-order valence-electron chi connectivity index (χ1n) is 8.71. The molecule has 146 valence electrons. The molecule has 2 aromatic carbocycles. The standard InChI is InChI=1S/C20H20N2O5S/c1-28(24,25)19-8-6-17(7-9-19)27-18-13-22(10-11-26-14-18)20(23)16-4-2-15(12-21)3-5-16/h2-9,18H,10-11,13-14H2,1H3. The van der Waals surface area contributed by atoms with E-state index in [0.29, 0.717) is 43.2 Å². The normalized spacial score (nSPS) is 17.4. The van der Waals surface area contributed by atoms with E-state index in [4.69, 9.17) is 14.7 Å². The predicted molar refractivity (Wildman–Crippen MR) is 102 cm³/mol. The third-order valence-corrected chi connectivity index (χ3v) is 5.46. The maximum atomic E-state index is 12.8. The van der Waals surface area contributed by atoms with Gasteiger partial charge in [0.25, 0.3) is 5.91 Å². The summed E-state index contributed by atoms with van der Waals surface area (Å²) in [5.41, 5.74) is 0.992. The number of rotatable bonds is 4. The van der Waals surface area contributed by atoms with Gasteiger partial charge in [0.1, 0.15) is 11.9 Å². The molecule has 0 bridgehead atoms. The van der Waals surface area contributed by atoms with E-state index in [9.17, 15) is 13.2 Å². The maximum absolute atomic E-state index is 12.8. The van der Waals surface area contributed by atoms with Crippen LogP contribution in [0.5, 0.6) is 5.75 Å². The van der Waals surface area contributed by atoms with Gasteiger partial charge in [0, 0.05) is 18.4 Å². The van der Waals surface area contributed by atoms with Crippen LogP contribution in [0.2, 0.25) is 0 Å². The van der Waals surface area contributed by atoms with Crippen LogP contribution in [0.15, 0.2) is 53.4 Å². The molecule has 1 aliphatic rings. The fourth-order valence-electron chi connectivity index (χ4n) is 2.86. The van der Waals surface area contributed by atoms with Crippen molar-refractivity contribution in [2.24, 2.45) is 0 Å². The van der Waals surface area contributed by atoms with E-state index in [1.807, 2.05) is 6.07 Å². The van der Waals surface area contributed by atoms with Gasteiger partial charge in [0.05, 0.1) is 36.3 Å². The number of hydrogen-bond acceptors (Lipinski definition) is 6. The molecule has 1 fully saturated rings. The van der Waals surface area contributed by atoms with Crippen molar-refractivity contribution < 1.29 is 22.7 Å². The Morgan fingerprint density at radius 1 is 1.18 bits per heavy atom. The van der Waals surface area contributed by atoms with Crippen LogP contribution in [-0.2, 0) is 14.6 Å². The van der Waals surface area contributed by atoms with Gasteiger partial charge in [-0.05, 0) is 48.5 Å². The lowest BCUT2D eigenvalue weighted by Gasteiger charge is -2.24. The summed E-state index contributed by atoms with van der Waals surface area (Å²) < 4.78 is 34.6. The molecule has 0 spiro atoms. The maximum Gasteiger partial charge on any atom is 0.254 e. The lowest BCUT2D eigenvalue weighted by Crippen LogP contribution is -2.40. The van der Waals surface area contributed by atoms with Crippen molar-refractivity contribution >= 4 is 15.7 Å². The Hall–Kier alpha value is -2.89. The Kier molecular flexibility index (Phi) is 5.97. The van der Waals surface area contributed by atoms with Gasteiger partial charge in [-0.3, -0.25) is 4.79 Å². The van der Waals surface area contributed by atoms with Gasteiger partial charge in [-0.2, -0.15) is 5.26 Å². The Bertz CT molecular complexity index is 979. The Labute approximate surface area is 164 Å². The topological polar surface area (TPSA) is 96.7 Å². The van der Waals surface area contributed by atoms with Crippen LogP contribution in [0, 0.1) is 11.3 Å². The van der Waals surface area contributed by atoms with Crippen LogP contribution in [0.4, 0.5) is 0 Å². The second-order valence-corrected chi connectivity index (χ2v) is 8.51. The van der Waals surface area contributed by atoms with Crippen molar-refractivity contribution in [2.45, 2.75) is 11.0 Å². The van der Waals surface area contributed by atoms with Crippen LogP contribution >= 0.6 is 0 Å². The molecular formula is C20H20N2O5S. The Balaban J connectivity index is 1.69. The number of hydrogen-bond donors (Lipinski definition) is 0. The second kappa shape index (κ2) is 8.42. The van der Waals surface area contributed by atoms with Gasteiger partial charge in [0.15, 0.2) is 9.84 Å². The molecule has 28 heavy (non-hydrogen) atoms. The zero-order chi connectivity index (χ0) is 20.1. The van der Waals surface area contributed by atoms with Crippen molar-refractivity contribution in [2.75, 3.05) is 32.6 Å². The van der Waals surface area contributed by atoms with E-state index >= 15 is 0 Å². The highest BCUT2D eigenvalue weighted by molar-refractivity contribution is 7.90. The van der Waals surface area contributed by atoms with Gasteiger partial charge in [0.2, 0.25) is 0 Å². The second-order valence-electron chi connectivity index (χ2n) is 6.50. The van der Waals surface area contributed by atoms with Crippen molar-refractivity contribution in [3.63, 3.8) is 0 Å². The van der Waals surface area contributed by atoms with Crippen molar-refractivity contribution in [3.05, 3.63) is 59.7 Å². The lowest BCUT2D eigenvalue weighted by atomic mass is 10.1. The van der Waals surface area contributed by atoms with Crippen LogP contribution in [-0.4, -0.2) is 57.9 Å². The average Bonchev–Trinajstić information content (AvgIpc) is 2.93. The highest BCUT2D eigenvalue weighted by atomic mass is 32.2. The molecule has 1 heterocycles. The Morgan fingerprint density at radius 3 is 2.46 bits per heavy atom. The van der Waals surface area contributed by atoms with Gasteiger partial charge in [-0.25, -0.2) is 8.42 Å². The number of nitriles is 1. The summed E-state index contributed by atoms with van der Waals surface area (Å²) in [4.78, 5) is 14.6. The van der Waals surface area contributed by atoms with E-state index in [1.54, 1.807) is 41.3 Å². The number of nitrogens with zero attached hydrogens (tertiary/aromatic N) is 2. The summed E-state index contributed by atoms with van der Waals surface area (Å²) in [5.74, 6) is 0.352. The smallest absolute Gasteiger partial charge is 0.254 e. The van der Waals surface area contributed by atoms with Crippen LogP contribution < -0.4 is 4.74 Å². The summed E-state index contributed by atoms with van der Waals surface area (Å²) in [7, 11) is -3.27. The lowest BCUT2D eigenvalue weighted by molar-refractivity contribution is 0.0652. The molecule has 1 saturated heterocycles. The minimum atomic E-state index is -3.27. The van der Waals surface area contributed by atoms with Crippen molar-refractivity contribution in [3.8, 4) is 11.8 Å². The van der Waals surface area contributed by atoms with E-state index in [-0.39, 0.29) is 16.9 Å². The molecule has 8 heteroatoms. The van der Waals surface area contributed by atoms with Crippen LogP contribution in [0.25, 0.3) is 0 Å². The zero-order valence-electron chi connectivity index (χ0n) is 15.4. The van der Waals surface area contributed by atoms with E-state index in [0.717, 1.165) is 6.26 Å². The van der Waals surface area contributed by atoms with Gasteiger partial charge < -0.3 is 14.4 Å². The Morgan fingerprint density at radius 2 is 1.86 bits per heavy atom. The van der Waals surface area contributed by atoms with E-state index < -0.39 is 9.84 Å². The molecule has 1 aliphatic heterocycles. The molecule has 7 nitrogen and oxygen atoms in total. The molecule has 0 aliphatic carbocycles. The summed E-state index contributed by atoms with van der Waals surface area (Å²) in [6, 6.07) is 14.7. The fraction of sp³-hybridized carbons (Fsp3) is 0.300. The first-order chi connectivity index (χ1) is 13.4. The zero-order valence-corrected chi connectivity index (χ0v) is 16.2. The van der Waals surface area contributed by atoms with Crippen LogP contribution in [0.3, 0.4) is 0 Å². The fourth-order valence-corrected chi connectivity index (χ4v) is 3.49. The quantitative estimate of drug-likeness (QED) is 0.777. The molecule has 0 N–H and O–H groups in total. The van der Waals surface area contributed by atoms with E-state index in [1.165, 1.54) is 12.1 Å². The molecule has 1 amide bonds. The number of carbonyl (C=O) groups is 1. The molecule has 3 rings (SSSR count). The molecular weight excluding hydrogens is 380 g/mol. The third kappa shape index (κ3) is 4.88. The summed E-state index contributed by atoms with van der Waals surface area (Å²) in [5, 5.41) is 8.88. The highest BCUT2D eigenvalue weighted by Crippen LogP contribution is 2.19. The number of ether oxygens (including phenoxy) is 2. The minimum Gasteiger partial charge on any atom is -0.486 e. The molecule has 1 atom stereocenters. The number of benzene rings is 2. The number of amides is 1. The SMILES string of the molecule is CS(=O)(=O)c1ccc(OC2COCCN(C(=O)c3ccc(C#N)cc3)C2)cc1. The summed E-state index contributed by atoms with van der Waals surface area (Å²) in [6.07, 6.45) is 0.767. The van der Waals surface area contributed by atoms with Gasteiger partial charge in [-0.1, -0.05) is 0 Å². The predicted octanol–water partition coefficient (Wildman–Crippen LogP) is 1.88. The number of carbonyl (C=O) groups excluding carboxylic acids is 1. The van der Waals surface area contributed by atoms with E-state index in [2.05, 4.69) is 0 Å². The third-order valence-electron chi connectivity index (χ3n) is 4.34. The van der Waals surface area contributed by atoms with Crippen molar-refractivity contribution in [1.29, 1.82) is 5.26 Å². The van der Waals surface area contributed by atoms with Gasteiger partial charge in [-0.15, -0.1) is 0 Å². The van der Waals surface area contributed by atoms with Crippen LogP contribution in [0.1, 0.15) is 15.9 Å². The molecule has 0 radical (unpaired) electrons.